The van der Waals surface area contributed by atoms with E-state index >= 15 is 0 Å². The van der Waals surface area contributed by atoms with Gasteiger partial charge in [-0.2, -0.15) is 0 Å². The van der Waals surface area contributed by atoms with E-state index in [0.717, 1.165) is 31.2 Å². The monoisotopic (exact) mass is 410 g/mol. The van der Waals surface area contributed by atoms with Crippen LogP contribution in [0.3, 0.4) is 0 Å². The van der Waals surface area contributed by atoms with E-state index in [-0.39, 0.29) is 17.7 Å². The fourth-order valence-corrected chi connectivity index (χ4v) is 4.00. The van der Waals surface area contributed by atoms with Crippen LogP contribution in [0.25, 0.3) is 6.08 Å². The summed E-state index contributed by atoms with van der Waals surface area (Å²) in [5.41, 5.74) is 1.17. The zero-order chi connectivity index (χ0) is 17.3. The first-order chi connectivity index (χ1) is 11.5. The van der Waals surface area contributed by atoms with E-state index in [4.69, 9.17) is 17.0 Å². The van der Waals surface area contributed by atoms with Crippen LogP contribution in [0.15, 0.2) is 22.3 Å². The maximum Gasteiger partial charge on any atom is 0.276 e. The minimum absolute atomic E-state index is 0.0385. The number of phenols is 1. The van der Waals surface area contributed by atoms with E-state index in [1.165, 1.54) is 13.5 Å². The molecule has 5 nitrogen and oxygen atoms in total. The van der Waals surface area contributed by atoms with Gasteiger partial charge >= 0.3 is 0 Å². The van der Waals surface area contributed by atoms with Gasteiger partial charge in [-0.1, -0.05) is 35.2 Å². The molecular weight excluding hydrogens is 392 g/mol. The highest BCUT2D eigenvalue weighted by Crippen LogP contribution is 2.34. The molecule has 1 aliphatic carbocycles. The van der Waals surface area contributed by atoms with Crippen molar-refractivity contribution in [2.45, 2.75) is 38.1 Å². The third kappa shape index (κ3) is 3.28. The highest BCUT2D eigenvalue weighted by Gasteiger charge is 2.36. The number of methoxy groups -OCH3 is 1. The fraction of sp³-hybridized carbons (Fsp3) is 0.412. The van der Waals surface area contributed by atoms with Crippen LogP contribution in [0.1, 0.15) is 37.7 Å². The van der Waals surface area contributed by atoms with Crippen molar-refractivity contribution in [3.05, 3.63) is 27.9 Å². The third-order valence-corrected chi connectivity index (χ3v) is 5.43. The van der Waals surface area contributed by atoms with Crippen LogP contribution in [0.4, 0.5) is 0 Å². The Morgan fingerprint density at radius 1 is 1.38 bits per heavy atom. The summed E-state index contributed by atoms with van der Waals surface area (Å²) in [6.45, 7) is 0. The van der Waals surface area contributed by atoms with Crippen molar-refractivity contribution in [1.82, 2.24) is 10.2 Å². The van der Waals surface area contributed by atoms with Crippen LogP contribution in [-0.4, -0.2) is 34.2 Å². The predicted molar refractivity (Wildman–Crippen MR) is 99.8 cm³/mol. The molecule has 1 heterocycles. The van der Waals surface area contributed by atoms with Crippen LogP contribution in [-0.2, 0) is 4.79 Å². The smallest absolute Gasteiger partial charge is 0.276 e. The number of amides is 1. The number of thiocarbonyl (C=S) groups is 1. The number of hydrogen-bond acceptors (Lipinski definition) is 4. The predicted octanol–water partition coefficient (Wildman–Crippen LogP) is 3.55. The second kappa shape index (κ2) is 7.11. The van der Waals surface area contributed by atoms with E-state index in [1.807, 2.05) is 0 Å². The first-order valence-corrected chi connectivity index (χ1v) is 9.14. The Kier molecular flexibility index (Phi) is 5.10. The Morgan fingerprint density at radius 2 is 2.08 bits per heavy atom. The Balaban J connectivity index is 1.89. The van der Waals surface area contributed by atoms with Gasteiger partial charge in [0.2, 0.25) is 0 Å². The number of aromatic hydroxyl groups is 1. The standard InChI is InChI=1S/C17H19BrN2O3S/c1-23-15-8-10(12(18)9-14(15)21)7-13-16(22)20(17(24)19-13)11-5-3-2-4-6-11/h7-9,11,21H,2-6H2,1H3,(H,19,24)/b13-7-. The Hall–Kier alpha value is -1.60. The van der Waals surface area contributed by atoms with Crippen LogP contribution < -0.4 is 10.1 Å². The van der Waals surface area contributed by atoms with Crippen LogP contribution in [0.5, 0.6) is 11.5 Å². The minimum Gasteiger partial charge on any atom is -0.504 e. The lowest BCUT2D eigenvalue weighted by Crippen LogP contribution is -2.41. The van der Waals surface area contributed by atoms with E-state index in [0.29, 0.717) is 21.0 Å². The van der Waals surface area contributed by atoms with Gasteiger partial charge in [-0.15, -0.1) is 0 Å². The summed E-state index contributed by atoms with van der Waals surface area (Å²) < 4.78 is 5.80. The lowest BCUT2D eigenvalue weighted by atomic mass is 9.94. The van der Waals surface area contributed by atoms with E-state index in [2.05, 4.69) is 21.2 Å². The van der Waals surface area contributed by atoms with E-state index in [1.54, 1.807) is 23.1 Å². The van der Waals surface area contributed by atoms with Crippen LogP contribution in [0.2, 0.25) is 0 Å². The van der Waals surface area contributed by atoms with Gasteiger partial charge in [0.1, 0.15) is 5.70 Å². The fourth-order valence-electron chi connectivity index (χ4n) is 3.21. The van der Waals surface area contributed by atoms with Gasteiger partial charge in [-0.3, -0.25) is 9.69 Å². The molecule has 1 aliphatic heterocycles. The van der Waals surface area contributed by atoms with Crippen LogP contribution >= 0.6 is 28.1 Å². The zero-order valence-corrected chi connectivity index (χ0v) is 15.7. The molecule has 2 fully saturated rings. The molecule has 2 N–H and O–H groups in total. The number of hydrogen-bond donors (Lipinski definition) is 2. The molecule has 2 aliphatic rings. The number of phenolic OH excluding ortho intramolecular Hbond substituents is 1. The van der Waals surface area contributed by atoms with E-state index < -0.39 is 0 Å². The largest absolute Gasteiger partial charge is 0.504 e. The highest BCUT2D eigenvalue weighted by atomic mass is 79.9. The number of carbonyl (C=O) groups is 1. The number of halogens is 1. The summed E-state index contributed by atoms with van der Waals surface area (Å²) in [5.74, 6) is 0.296. The molecule has 1 aromatic carbocycles. The topological polar surface area (TPSA) is 61.8 Å². The average molecular weight is 411 g/mol. The van der Waals surface area contributed by atoms with Crippen molar-refractivity contribution in [3.8, 4) is 11.5 Å². The quantitative estimate of drug-likeness (QED) is 0.589. The van der Waals surface area contributed by atoms with Crippen molar-refractivity contribution >= 4 is 45.2 Å². The Labute approximate surface area is 154 Å². The van der Waals surface area contributed by atoms with Gasteiger partial charge in [0.25, 0.3) is 5.91 Å². The summed E-state index contributed by atoms with van der Waals surface area (Å²) in [6, 6.07) is 3.41. The van der Waals surface area contributed by atoms with Crippen molar-refractivity contribution in [2.24, 2.45) is 0 Å². The molecule has 128 valence electrons. The molecule has 1 amide bonds. The molecule has 0 unspecified atom stereocenters. The first-order valence-electron chi connectivity index (χ1n) is 7.94. The first kappa shape index (κ1) is 17.2. The van der Waals surface area contributed by atoms with Gasteiger partial charge in [-0.25, -0.2) is 0 Å². The summed E-state index contributed by atoms with van der Waals surface area (Å²) >= 11 is 8.77. The van der Waals surface area contributed by atoms with Gasteiger partial charge in [0.15, 0.2) is 16.6 Å². The molecule has 0 radical (unpaired) electrons. The number of carbonyl (C=O) groups excluding carboxylic acids is 1. The van der Waals surface area contributed by atoms with Gasteiger partial charge in [-0.05, 0) is 48.8 Å². The van der Waals surface area contributed by atoms with Gasteiger partial charge in [0.05, 0.1) is 7.11 Å². The number of nitrogens with one attached hydrogen (secondary N) is 1. The number of nitrogens with zero attached hydrogens (tertiary/aromatic N) is 1. The molecule has 0 aromatic heterocycles. The zero-order valence-electron chi connectivity index (χ0n) is 13.3. The maximum absolute atomic E-state index is 12.8. The lowest BCUT2D eigenvalue weighted by molar-refractivity contribution is -0.124. The SMILES string of the molecule is COc1cc(/C=C2\NC(=S)N(C3CCCCC3)C2=O)c(Br)cc1O. The highest BCUT2D eigenvalue weighted by molar-refractivity contribution is 9.10. The summed E-state index contributed by atoms with van der Waals surface area (Å²) in [7, 11) is 1.48. The minimum atomic E-state index is -0.0918. The Bertz CT molecular complexity index is 714. The molecule has 0 bridgehead atoms. The van der Waals surface area contributed by atoms with Gasteiger partial charge < -0.3 is 15.2 Å². The third-order valence-electron chi connectivity index (χ3n) is 4.45. The molecule has 0 spiro atoms. The molecule has 1 saturated heterocycles. The second-order valence-corrected chi connectivity index (χ2v) is 7.24. The molecule has 1 saturated carbocycles. The maximum atomic E-state index is 12.8. The van der Waals surface area contributed by atoms with E-state index in [9.17, 15) is 9.90 Å². The molecule has 3 rings (SSSR count). The Morgan fingerprint density at radius 3 is 2.75 bits per heavy atom. The lowest BCUT2D eigenvalue weighted by Gasteiger charge is -2.29. The summed E-state index contributed by atoms with van der Waals surface area (Å²) in [4.78, 5) is 14.5. The molecule has 24 heavy (non-hydrogen) atoms. The number of rotatable bonds is 3. The van der Waals surface area contributed by atoms with Gasteiger partial charge in [0, 0.05) is 10.5 Å². The van der Waals surface area contributed by atoms with Crippen molar-refractivity contribution in [2.75, 3.05) is 7.11 Å². The van der Waals surface area contributed by atoms with Crippen molar-refractivity contribution < 1.29 is 14.6 Å². The second-order valence-electron chi connectivity index (χ2n) is 6.00. The van der Waals surface area contributed by atoms with Crippen molar-refractivity contribution in [1.29, 1.82) is 0 Å². The molecular formula is C17H19BrN2O3S. The molecule has 7 heteroatoms. The molecule has 1 aromatic rings. The molecule has 0 atom stereocenters. The average Bonchev–Trinajstić information content (AvgIpc) is 2.84. The van der Waals surface area contributed by atoms with Crippen LogP contribution in [0, 0.1) is 0 Å². The summed E-state index contributed by atoms with van der Waals surface area (Å²) in [6.07, 6.45) is 7.22. The number of benzene rings is 1. The van der Waals surface area contributed by atoms with Crippen molar-refractivity contribution in [3.63, 3.8) is 0 Å². The number of ether oxygens (including phenoxy) is 1. The normalized spacial score (nSPS) is 20.6. The summed E-state index contributed by atoms with van der Waals surface area (Å²) in [5, 5.41) is 13.3.